The third-order valence-electron chi connectivity index (χ3n) is 9.63. The van der Waals surface area contributed by atoms with Gasteiger partial charge in [0.15, 0.2) is 21.4 Å². The number of sulfone groups is 1. The number of carboxylic acids is 1. The molecule has 6 rings (SSSR count). The zero-order valence-corrected chi connectivity index (χ0v) is 28.0. The Labute approximate surface area is 278 Å². The lowest BCUT2D eigenvalue weighted by Crippen LogP contribution is -2.26. The zero-order valence-electron chi connectivity index (χ0n) is 27.2. The summed E-state index contributed by atoms with van der Waals surface area (Å²) < 4.78 is 64.3. The summed E-state index contributed by atoms with van der Waals surface area (Å²) in [5, 5.41) is 9.78. The van der Waals surface area contributed by atoms with E-state index in [1.165, 1.54) is 24.3 Å². The van der Waals surface area contributed by atoms with Gasteiger partial charge in [-0.05, 0) is 73.4 Å². The number of aromatic amines is 2. The first-order chi connectivity index (χ1) is 22.7. The van der Waals surface area contributed by atoms with E-state index in [2.05, 4.69) is 35.7 Å². The predicted molar refractivity (Wildman–Crippen MR) is 181 cm³/mol. The molecule has 1 aliphatic rings. The number of hydrogen-bond donors (Lipinski definition) is 3. The van der Waals surface area contributed by atoms with Crippen LogP contribution in [0.1, 0.15) is 75.3 Å². The molecule has 48 heavy (non-hydrogen) atoms. The number of H-pyrrole nitrogens is 2. The van der Waals surface area contributed by atoms with Crippen LogP contribution in [0.3, 0.4) is 0 Å². The van der Waals surface area contributed by atoms with Crippen LogP contribution in [0.25, 0.3) is 22.3 Å². The number of halogens is 2. The van der Waals surface area contributed by atoms with E-state index in [1.54, 1.807) is 18.5 Å². The Balaban J connectivity index is 1.47. The number of aryl methyl sites for hydroxylation is 1. The van der Waals surface area contributed by atoms with Gasteiger partial charge in [-0.15, -0.1) is 0 Å². The molecule has 1 atom stereocenters. The van der Waals surface area contributed by atoms with Gasteiger partial charge in [0.25, 0.3) is 0 Å². The summed E-state index contributed by atoms with van der Waals surface area (Å²) in [5.74, 6) is -2.54. The molecule has 0 radical (unpaired) electrons. The maximum Gasteiger partial charge on any atom is 0.303 e. The molecule has 0 fully saturated rings. The SMILES string of the molecule is CC1(C)CCCC(C)(c2cccc(CCC(=O)O)c2)c2cnc([nH]2)-c2cc(ccc2F)Oc2c(F)cc3[nH]ccc3c2CS(=O)(=O)CC1. The molecule has 0 amide bonds. The number of rotatable bonds is 4. The largest absolute Gasteiger partial charge is 0.481 e. The van der Waals surface area contributed by atoms with Crippen LogP contribution in [-0.4, -0.2) is 40.2 Å². The van der Waals surface area contributed by atoms with Crippen LogP contribution in [0.2, 0.25) is 0 Å². The lowest BCUT2D eigenvalue weighted by molar-refractivity contribution is -0.136. The van der Waals surface area contributed by atoms with Crippen molar-refractivity contribution < 1.29 is 31.8 Å². The number of benzene rings is 3. The molecule has 0 saturated carbocycles. The van der Waals surface area contributed by atoms with Gasteiger partial charge < -0.3 is 19.8 Å². The van der Waals surface area contributed by atoms with Gasteiger partial charge in [0, 0.05) is 52.5 Å². The Morgan fingerprint density at radius 1 is 1.02 bits per heavy atom. The number of nitrogens with one attached hydrogen (secondary N) is 2. The number of fused-ring (bicyclic) bond motifs is 8. The Bertz CT molecular complexity index is 2100. The van der Waals surface area contributed by atoms with Crippen molar-refractivity contribution in [1.82, 2.24) is 15.0 Å². The number of carbonyl (C=O) groups is 1. The van der Waals surface area contributed by atoms with Crippen LogP contribution < -0.4 is 4.74 Å². The Morgan fingerprint density at radius 3 is 2.62 bits per heavy atom. The van der Waals surface area contributed by atoms with Gasteiger partial charge in [-0.25, -0.2) is 22.2 Å². The van der Waals surface area contributed by atoms with E-state index in [0.717, 1.165) is 29.7 Å². The Hall–Kier alpha value is -4.51. The average Bonchev–Trinajstić information content (AvgIpc) is 3.72. The van der Waals surface area contributed by atoms with Crippen molar-refractivity contribution in [3.8, 4) is 22.9 Å². The monoisotopic (exact) mass is 675 g/mol. The number of aromatic nitrogens is 3. The van der Waals surface area contributed by atoms with Crippen LogP contribution >= 0.6 is 0 Å². The van der Waals surface area contributed by atoms with E-state index in [4.69, 9.17) is 4.74 Å². The highest BCUT2D eigenvalue weighted by Gasteiger charge is 2.33. The van der Waals surface area contributed by atoms with E-state index < -0.39 is 38.6 Å². The summed E-state index contributed by atoms with van der Waals surface area (Å²) in [6.45, 7) is 6.18. The fraction of sp³-hybridized carbons (Fsp3) is 0.351. The minimum absolute atomic E-state index is 0.00754. The molecule has 4 bridgehead atoms. The Morgan fingerprint density at radius 2 is 1.83 bits per heavy atom. The van der Waals surface area contributed by atoms with Crippen molar-refractivity contribution in [1.29, 1.82) is 0 Å². The summed E-state index contributed by atoms with van der Waals surface area (Å²) in [7, 11) is -3.70. The normalized spacial score (nSPS) is 19.5. The first kappa shape index (κ1) is 33.4. The summed E-state index contributed by atoms with van der Waals surface area (Å²) in [6.07, 6.45) is 6.24. The number of imidazole rings is 1. The zero-order chi connectivity index (χ0) is 34.3. The van der Waals surface area contributed by atoms with E-state index in [1.807, 2.05) is 24.3 Å². The highest BCUT2D eigenvalue weighted by molar-refractivity contribution is 7.90. The number of carboxylic acid groups (broad SMARTS) is 1. The molecule has 11 heteroatoms. The summed E-state index contributed by atoms with van der Waals surface area (Å²) in [5.41, 5.74) is 2.41. The van der Waals surface area contributed by atoms with E-state index >= 15 is 8.78 Å². The van der Waals surface area contributed by atoms with Crippen molar-refractivity contribution >= 4 is 26.7 Å². The predicted octanol–water partition coefficient (Wildman–Crippen LogP) is 8.47. The van der Waals surface area contributed by atoms with Crippen molar-refractivity contribution in [3.05, 3.63) is 101 Å². The molecule has 1 unspecified atom stereocenters. The van der Waals surface area contributed by atoms with E-state index in [-0.39, 0.29) is 46.0 Å². The molecule has 3 N–H and O–H groups in total. The van der Waals surface area contributed by atoms with Crippen LogP contribution in [-0.2, 0) is 32.2 Å². The van der Waals surface area contributed by atoms with E-state index in [9.17, 15) is 18.3 Å². The summed E-state index contributed by atoms with van der Waals surface area (Å²) >= 11 is 0. The van der Waals surface area contributed by atoms with Crippen molar-refractivity contribution in [3.63, 3.8) is 0 Å². The van der Waals surface area contributed by atoms with Crippen molar-refractivity contribution in [2.45, 2.75) is 70.5 Å². The smallest absolute Gasteiger partial charge is 0.303 e. The van der Waals surface area contributed by atoms with Crippen molar-refractivity contribution in [2.24, 2.45) is 5.41 Å². The third-order valence-corrected chi connectivity index (χ3v) is 11.2. The number of nitrogens with zero attached hydrogens (tertiary/aromatic N) is 1. The molecule has 1 aliphatic heterocycles. The molecular formula is C37H39F2N3O5S. The van der Waals surface area contributed by atoms with Gasteiger partial charge in [0.05, 0.1) is 17.1 Å². The van der Waals surface area contributed by atoms with Gasteiger partial charge in [-0.3, -0.25) is 4.79 Å². The standard InChI is InChI=1S/C37H39F2N3O5S/c1-36(2)13-5-14-37(3,24-7-4-6-23(18-24)8-11-33(43)44)32-21-41-35(42-32)27-19-25(9-10-29(27)38)47-34-28(22-48(45,46)17-15-36)26-12-16-40-31(26)20-30(34)39/h4,6-7,9-10,12,16,18-21,40H,5,8,11,13-15,17,22H2,1-3H3,(H,41,42)(H,43,44). The second-order valence-electron chi connectivity index (χ2n) is 13.8. The first-order valence-electron chi connectivity index (χ1n) is 16.1. The minimum atomic E-state index is -3.70. The highest BCUT2D eigenvalue weighted by Crippen LogP contribution is 2.41. The molecule has 3 heterocycles. The van der Waals surface area contributed by atoms with E-state index in [0.29, 0.717) is 30.2 Å². The summed E-state index contributed by atoms with van der Waals surface area (Å²) in [6, 6.07) is 14.8. The Kier molecular flexibility index (Phi) is 8.93. The molecule has 252 valence electrons. The molecule has 2 aromatic heterocycles. The van der Waals surface area contributed by atoms with Crippen LogP contribution in [0.5, 0.6) is 11.5 Å². The molecule has 3 aromatic carbocycles. The van der Waals surface area contributed by atoms with Gasteiger partial charge in [0.2, 0.25) is 0 Å². The lowest BCUT2D eigenvalue weighted by Gasteiger charge is -2.32. The quantitative estimate of drug-likeness (QED) is 0.176. The van der Waals surface area contributed by atoms with Gasteiger partial charge in [-0.1, -0.05) is 44.5 Å². The molecule has 0 spiro atoms. The van der Waals surface area contributed by atoms with Crippen LogP contribution in [0.15, 0.2) is 67.0 Å². The maximum atomic E-state index is 15.6. The molecule has 8 nitrogen and oxygen atoms in total. The maximum absolute atomic E-state index is 15.6. The topological polar surface area (TPSA) is 125 Å². The summed E-state index contributed by atoms with van der Waals surface area (Å²) in [4.78, 5) is 22.1. The molecule has 0 saturated heterocycles. The lowest BCUT2D eigenvalue weighted by atomic mass is 9.73. The fourth-order valence-corrected chi connectivity index (χ4v) is 8.34. The first-order valence-corrected chi connectivity index (χ1v) is 17.9. The molecular weight excluding hydrogens is 636 g/mol. The average molecular weight is 676 g/mol. The van der Waals surface area contributed by atoms with Crippen LogP contribution in [0.4, 0.5) is 8.78 Å². The fourth-order valence-electron chi connectivity index (χ4n) is 6.61. The second kappa shape index (κ2) is 12.8. The minimum Gasteiger partial charge on any atom is -0.481 e. The number of ether oxygens (including phenoxy) is 1. The van der Waals surface area contributed by atoms with Gasteiger partial charge in [0.1, 0.15) is 17.4 Å². The second-order valence-corrected chi connectivity index (χ2v) is 16.0. The number of aliphatic carboxylic acids is 1. The third kappa shape index (κ3) is 7.01. The van der Waals surface area contributed by atoms with Crippen LogP contribution in [0, 0.1) is 17.0 Å². The van der Waals surface area contributed by atoms with Crippen molar-refractivity contribution in [2.75, 3.05) is 5.75 Å². The number of hydrogen-bond acceptors (Lipinski definition) is 5. The van der Waals surface area contributed by atoms with Gasteiger partial charge >= 0.3 is 5.97 Å². The van der Waals surface area contributed by atoms with Gasteiger partial charge in [-0.2, -0.15) is 0 Å². The molecule has 5 aromatic rings. The molecule has 0 aliphatic carbocycles. The highest BCUT2D eigenvalue weighted by atomic mass is 32.2.